The molecule has 0 aromatic carbocycles. The Kier molecular flexibility index (Phi) is 3.26. The average Bonchev–Trinajstić information content (AvgIpc) is 2.53. The molecule has 0 bridgehead atoms. The molecular weight excluding hydrogens is 168 g/mol. The first-order chi connectivity index (χ1) is 5.67. The van der Waals surface area contributed by atoms with Crippen molar-refractivity contribution in [1.29, 1.82) is 0 Å². The number of nitrogens with one attached hydrogen (secondary N) is 1. The van der Waals surface area contributed by atoms with Gasteiger partial charge in [-0.2, -0.15) is 0 Å². The second-order valence-electron chi connectivity index (χ2n) is 3.49. The quantitative estimate of drug-likeness (QED) is 0.696. The molecule has 0 spiro atoms. The van der Waals surface area contributed by atoms with Gasteiger partial charge in [0.25, 0.3) is 0 Å². The van der Waals surface area contributed by atoms with E-state index < -0.39 is 0 Å². The number of hydrogen-bond acceptors (Lipinski definition) is 3. The summed E-state index contributed by atoms with van der Waals surface area (Å²) in [5, 5.41) is 5.27. The third-order valence-corrected chi connectivity index (χ3v) is 3.14. The molecule has 1 aromatic rings. The Balaban J connectivity index is 2.59. The highest BCUT2D eigenvalue weighted by Gasteiger charge is 2.20. The van der Waals surface area contributed by atoms with E-state index in [2.05, 4.69) is 36.7 Å². The Morgan fingerprint density at radius 1 is 1.58 bits per heavy atom. The zero-order chi connectivity index (χ0) is 9.03. The van der Waals surface area contributed by atoms with Crippen LogP contribution in [0.25, 0.3) is 0 Å². The summed E-state index contributed by atoms with van der Waals surface area (Å²) < 4.78 is 0. The van der Waals surface area contributed by atoms with Gasteiger partial charge in [-0.3, -0.25) is 0 Å². The van der Waals surface area contributed by atoms with Crippen LogP contribution >= 0.6 is 11.3 Å². The molecule has 3 heteroatoms. The van der Waals surface area contributed by atoms with Crippen molar-refractivity contribution in [2.45, 2.75) is 19.3 Å². The van der Waals surface area contributed by atoms with E-state index in [1.165, 1.54) is 4.88 Å². The summed E-state index contributed by atoms with van der Waals surface area (Å²) in [6.45, 7) is 5.93. The number of rotatable bonds is 4. The monoisotopic (exact) mass is 184 g/mol. The summed E-state index contributed by atoms with van der Waals surface area (Å²) in [7, 11) is 0. The Labute approximate surface area is 77.8 Å². The molecule has 0 aliphatic rings. The van der Waals surface area contributed by atoms with Crippen molar-refractivity contribution in [3.63, 3.8) is 0 Å². The van der Waals surface area contributed by atoms with Gasteiger partial charge in [0.2, 0.25) is 0 Å². The maximum Gasteiger partial charge on any atom is 0.0429 e. The molecule has 0 aliphatic heterocycles. The maximum absolute atomic E-state index is 5.38. The predicted molar refractivity (Wildman–Crippen MR) is 54.4 cm³/mol. The van der Waals surface area contributed by atoms with Crippen molar-refractivity contribution in [1.82, 2.24) is 5.32 Å². The minimum Gasteiger partial charge on any atom is -0.318 e. The lowest BCUT2D eigenvalue weighted by molar-refractivity contribution is 0.482. The molecule has 0 unspecified atom stereocenters. The largest absolute Gasteiger partial charge is 0.318 e. The zero-order valence-corrected chi connectivity index (χ0v) is 8.45. The first-order valence-electron chi connectivity index (χ1n) is 4.11. The first kappa shape index (κ1) is 9.71. The molecule has 1 rings (SSSR count). The zero-order valence-electron chi connectivity index (χ0n) is 7.63. The van der Waals surface area contributed by atoms with Gasteiger partial charge in [0.05, 0.1) is 0 Å². The van der Waals surface area contributed by atoms with E-state index in [1.807, 2.05) is 0 Å². The van der Waals surface area contributed by atoms with Crippen LogP contribution in [-0.2, 0) is 5.41 Å². The Morgan fingerprint density at radius 3 is 2.83 bits per heavy atom. The number of thiophene rings is 1. The van der Waals surface area contributed by atoms with Crippen molar-refractivity contribution in [2.75, 3.05) is 13.2 Å². The van der Waals surface area contributed by atoms with Gasteiger partial charge in [0.15, 0.2) is 0 Å². The number of hydrogen-bond donors (Lipinski definition) is 2. The molecule has 0 fully saturated rings. The van der Waals surface area contributed by atoms with Crippen LogP contribution in [0.4, 0.5) is 0 Å². The van der Waals surface area contributed by atoms with Crippen LogP contribution in [0, 0.1) is 0 Å². The molecule has 0 saturated carbocycles. The molecule has 2 nitrogen and oxygen atoms in total. The Hall–Kier alpha value is -0.380. The molecule has 0 radical (unpaired) electrons. The van der Waals surface area contributed by atoms with Crippen LogP contribution in [0.3, 0.4) is 0 Å². The lowest BCUT2D eigenvalue weighted by atomic mass is 9.91. The molecule has 3 N–H and O–H groups in total. The highest BCUT2D eigenvalue weighted by Crippen LogP contribution is 2.26. The van der Waals surface area contributed by atoms with E-state index in [9.17, 15) is 0 Å². The van der Waals surface area contributed by atoms with Crippen molar-refractivity contribution >= 4 is 11.3 Å². The predicted octanol–water partition coefficient (Wildman–Crippen LogP) is 1.53. The van der Waals surface area contributed by atoms with Gasteiger partial charge in [-0.1, -0.05) is 19.9 Å². The summed E-state index contributed by atoms with van der Waals surface area (Å²) >= 11 is 1.80. The average molecular weight is 184 g/mol. The van der Waals surface area contributed by atoms with Crippen LogP contribution in [0.2, 0.25) is 0 Å². The van der Waals surface area contributed by atoms with E-state index in [-0.39, 0.29) is 5.41 Å². The standard InChI is InChI=1S/C9H16N2S/c1-9(2,6-11-7-10)8-4-3-5-12-8/h3-5,11H,6-7,10H2,1-2H3. The van der Waals surface area contributed by atoms with Crippen LogP contribution < -0.4 is 11.1 Å². The maximum atomic E-state index is 5.38. The van der Waals surface area contributed by atoms with Gasteiger partial charge < -0.3 is 11.1 Å². The van der Waals surface area contributed by atoms with Gasteiger partial charge in [-0.15, -0.1) is 11.3 Å². The molecule has 1 aromatic heterocycles. The Morgan fingerprint density at radius 2 is 2.33 bits per heavy atom. The summed E-state index contributed by atoms with van der Waals surface area (Å²) in [6, 6.07) is 4.26. The molecule has 68 valence electrons. The van der Waals surface area contributed by atoms with Crippen LogP contribution in [0.1, 0.15) is 18.7 Å². The molecule has 0 atom stereocenters. The van der Waals surface area contributed by atoms with Crippen LogP contribution in [0.5, 0.6) is 0 Å². The highest BCUT2D eigenvalue weighted by atomic mass is 32.1. The van der Waals surface area contributed by atoms with Gasteiger partial charge in [0.1, 0.15) is 0 Å². The first-order valence-corrected chi connectivity index (χ1v) is 4.99. The lowest BCUT2D eigenvalue weighted by Crippen LogP contribution is -2.35. The molecule has 12 heavy (non-hydrogen) atoms. The van der Waals surface area contributed by atoms with Gasteiger partial charge in [-0.05, 0) is 11.4 Å². The van der Waals surface area contributed by atoms with E-state index in [4.69, 9.17) is 5.73 Å². The minimum atomic E-state index is 0.202. The van der Waals surface area contributed by atoms with Gasteiger partial charge in [-0.25, -0.2) is 0 Å². The highest BCUT2D eigenvalue weighted by molar-refractivity contribution is 7.10. The number of nitrogens with two attached hydrogens (primary N) is 1. The minimum absolute atomic E-state index is 0.202. The van der Waals surface area contributed by atoms with Crippen LogP contribution in [-0.4, -0.2) is 13.2 Å². The lowest BCUT2D eigenvalue weighted by Gasteiger charge is -2.23. The van der Waals surface area contributed by atoms with Crippen molar-refractivity contribution in [3.8, 4) is 0 Å². The third kappa shape index (κ3) is 2.30. The molecule has 0 saturated heterocycles. The van der Waals surface area contributed by atoms with Gasteiger partial charge in [0, 0.05) is 23.5 Å². The van der Waals surface area contributed by atoms with Crippen molar-refractivity contribution in [2.24, 2.45) is 5.73 Å². The molecular formula is C9H16N2S. The summed E-state index contributed by atoms with van der Waals surface area (Å²) in [6.07, 6.45) is 0. The molecule has 0 amide bonds. The fourth-order valence-electron chi connectivity index (χ4n) is 1.14. The summed E-state index contributed by atoms with van der Waals surface area (Å²) in [5.41, 5.74) is 5.58. The van der Waals surface area contributed by atoms with Crippen molar-refractivity contribution in [3.05, 3.63) is 22.4 Å². The van der Waals surface area contributed by atoms with E-state index in [0.717, 1.165) is 6.54 Å². The fraction of sp³-hybridized carbons (Fsp3) is 0.556. The second-order valence-corrected chi connectivity index (χ2v) is 4.44. The normalized spacial score (nSPS) is 11.9. The molecule has 1 heterocycles. The smallest absolute Gasteiger partial charge is 0.0429 e. The van der Waals surface area contributed by atoms with Crippen molar-refractivity contribution < 1.29 is 0 Å². The summed E-state index contributed by atoms with van der Waals surface area (Å²) in [4.78, 5) is 1.41. The molecule has 0 aliphatic carbocycles. The fourth-order valence-corrected chi connectivity index (χ4v) is 1.99. The Bertz CT molecular complexity index is 216. The van der Waals surface area contributed by atoms with E-state index >= 15 is 0 Å². The van der Waals surface area contributed by atoms with E-state index in [1.54, 1.807) is 11.3 Å². The van der Waals surface area contributed by atoms with Crippen LogP contribution in [0.15, 0.2) is 17.5 Å². The third-order valence-electron chi connectivity index (χ3n) is 1.90. The summed E-state index contributed by atoms with van der Waals surface area (Å²) in [5.74, 6) is 0. The SMILES string of the molecule is CC(C)(CNCN)c1cccs1. The topological polar surface area (TPSA) is 38.0 Å². The van der Waals surface area contributed by atoms with E-state index in [0.29, 0.717) is 6.67 Å². The van der Waals surface area contributed by atoms with Gasteiger partial charge >= 0.3 is 0 Å². The second kappa shape index (κ2) is 4.03.